The molecule has 3 aromatic rings. The first kappa shape index (κ1) is 17.2. The summed E-state index contributed by atoms with van der Waals surface area (Å²) >= 11 is 5.99. The summed E-state index contributed by atoms with van der Waals surface area (Å²) in [5.74, 6) is 0.0890. The van der Waals surface area contributed by atoms with Crippen molar-refractivity contribution in [2.75, 3.05) is 0 Å². The van der Waals surface area contributed by atoms with Crippen molar-refractivity contribution in [3.8, 4) is 0 Å². The lowest BCUT2D eigenvalue weighted by molar-refractivity contribution is -0.121. The molecule has 0 aliphatic heterocycles. The SMILES string of the molecule is O=C(C[C@H](Cn1cccc1)c1ccc(Cl)cc1)NCc1ccccn1. The van der Waals surface area contributed by atoms with E-state index in [1.54, 1.807) is 6.20 Å². The molecular formula is C20H20ClN3O. The van der Waals surface area contributed by atoms with E-state index in [2.05, 4.69) is 14.9 Å². The lowest BCUT2D eigenvalue weighted by Crippen LogP contribution is -2.26. The third kappa shape index (κ3) is 5.19. The van der Waals surface area contributed by atoms with Crippen molar-refractivity contribution in [2.45, 2.75) is 25.4 Å². The number of hydrogen-bond acceptors (Lipinski definition) is 2. The van der Waals surface area contributed by atoms with Gasteiger partial charge in [-0.25, -0.2) is 0 Å². The second-order valence-electron chi connectivity index (χ2n) is 5.93. The fourth-order valence-electron chi connectivity index (χ4n) is 2.76. The van der Waals surface area contributed by atoms with Crippen molar-refractivity contribution >= 4 is 17.5 Å². The quantitative estimate of drug-likeness (QED) is 0.697. The van der Waals surface area contributed by atoms with Crippen molar-refractivity contribution in [1.82, 2.24) is 14.9 Å². The van der Waals surface area contributed by atoms with Gasteiger partial charge in [0, 0.05) is 42.5 Å². The Hall–Kier alpha value is -2.59. The van der Waals surface area contributed by atoms with E-state index in [4.69, 9.17) is 11.6 Å². The van der Waals surface area contributed by atoms with Crippen molar-refractivity contribution in [3.63, 3.8) is 0 Å². The third-order valence-electron chi connectivity index (χ3n) is 4.06. The Morgan fingerprint density at radius 2 is 1.84 bits per heavy atom. The molecule has 0 aliphatic carbocycles. The Balaban J connectivity index is 1.66. The predicted molar refractivity (Wildman–Crippen MR) is 99.3 cm³/mol. The van der Waals surface area contributed by atoms with Crippen LogP contribution in [0, 0.1) is 0 Å². The summed E-state index contributed by atoms with van der Waals surface area (Å²) in [7, 11) is 0. The van der Waals surface area contributed by atoms with Gasteiger partial charge in [0.15, 0.2) is 0 Å². The normalized spacial score (nSPS) is 11.9. The van der Waals surface area contributed by atoms with Gasteiger partial charge in [0.1, 0.15) is 0 Å². The summed E-state index contributed by atoms with van der Waals surface area (Å²) in [6, 6.07) is 17.4. The van der Waals surface area contributed by atoms with Crippen LogP contribution in [0.5, 0.6) is 0 Å². The van der Waals surface area contributed by atoms with Gasteiger partial charge >= 0.3 is 0 Å². The summed E-state index contributed by atoms with van der Waals surface area (Å²) in [6.45, 7) is 1.18. The highest BCUT2D eigenvalue weighted by Gasteiger charge is 2.17. The van der Waals surface area contributed by atoms with Gasteiger partial charge in [-0.3, -0.25) is 9.78 Å². The Labute approximate surface area is 152 Å². The minimum Gasteiger partial charge on any atom is -0.354 e. The molecule has 1 N–H and O–H groups in total. The number of pyridine rings is 1. The largest absolute Gasteiger partial charge is 0.354 e. The number of benzene rings is 1. The molecule has 1 atom stereocenters. The molecular weight excluding hydrogens is 334 g/mol. The zero-order chi connectivity index (χ0) is 17.5. The molecule has 2 heterocycles. The van der Waals surface area contributed by atoms with Crippen LogP contribution in [0.3, 0.4) is 0 Å². The maximum absolute atomic E-state index is 12.4. The fourth-order valence-corrected chi connectivity index (χ4v) is 2.88. The van der Waals surface area contributed by atoms with Crippen LogP contribution in [0.15, 0.2) is 73.2 Å². The van der Waals surface area contributed by atoms with Gasteiger partial charge < -0.3 is 9.88 Å². The van der Waals surface area contributed by atoms with Crippen molar-refractivity contribution in [1.29, 1.82) is 0 Å². The van der Waals surface area contributed by atoms with E-state index in [1.807, 2.05) is 67.0 Å². The molecule has 0 aliphatic rings. The first-order valence-corrected chi connectivity index (χ1v) is 8.61. The molecule has 5 heteroatoms. The molecule has 0 bridgehead atoms. The molecule has 0 spiro atoms. The van der Waals surface area contributed by atoms with Gasteiger partial charge in [-0.2, -0.15) is 0 Å². The average Bonchev–Trinajstić information content (AvgIpc) is 3.14. The smallest absolute Gasteiger partial charge is 0.220 e. The number of halogens is 1. The fraction of sp³-hybridized carbons (Fsp3) is 0.200. The Bertz CT molecular complexity index is 786. The van der Waals surface area contributed by atoms with Crippen molar-refractivity contribution in [2.24, 2.45) is 0 Å². The lowest BCUT2D eigenvalue weighted by Gasteiger charge is -2.18. The van der Waals surface area contributed by atoms with E-state index < -0.39 is 0 Å². The number of amides is 1. The molecule has 0 radical (unpaired) electrons. The summed E-state index contributed by atoms with van der Waals surface area (Å²) in [6.07, 6.45) is 6.15. The van der Waals surface area contributed by atoms with E-state index >= 15 is 0 Å². The van der Waals surface area contributed by atoms with E-state index in [-0.39, 0.29) is 11.8 Å². The minimum absolute atomic E-state index is 0.0118. The lowest BCUT2D eigenvalue weighted by atomic mass is 9.95. The highest BCUT2D eigenvalue weighted by molar-refractivity contribution is 6.30. The number of carbonyl (C=O) groups excluding carboxylic acids is 1. The number of carbonyl (C=O) groups is 1. The maximum atomic E-state index is 12.4. The second kappa shape index (κ2) is 8.49. The number of nitrogens with one attached hydrogen (secondary N) is 1. The molecule has 0 unspecified atom stereocenters. The molecule has 0 fully saturated rings. The topological polar surface area (TPSA) is 46.9 Å². The first-order chi connectivity index (χ1) is 12.2. The number of aromatic nitrogens is 2. The van der Waals surface area contributed by atoms with Crippen LogP contribution >= 0.6 is 11.6 Å². The number of nitrogens with zero attached hydrogens (tertiary/aromatic N) is 2. The minimum atomic E-state index is 0.0118. The number of rotatable bonds is 7. The molecule has 1 aromatic carbocycles. The highest BCUT2D eigenvalue weighted by atomic mass is 35.5. The molecule has 1 amide bonds. The summed E-state index contributed by atoms with van der Waals surface area (Å²) in [5, 5.41) is 3.65. The van der Waals surface area contributed by atoms with E-state index in [0.717, 1.165) is 17.8 Å². The monoisotopic (exact) mass is 353 g/mol. The summed E-state index contributed by atoms with van der Waals surface area (Å²) in [5.41, 5.74) is 1.95. The first-order valence-electron chi connectivity index (χ1n) is 8.23. The molecule has 4 nitrogen and oxygen atoms in total. The Morgan fingerprint density at radius 1 is 1.08 bits per heavy atom. The van der Waals surface area contributed by atoms with Gasteiger partial charge in [-0.1, -0.05) is 29.8 Å². The van der Waals surface area contributed by atoms with Crippen LogP contribution < -0.4 is 5.32 Å². The van der Waals surface area contributed by atoms with Gasteiger partial charge in [-0.15, -0.1) is 0 Å². The van der Waals surface area contributed by atoms with E-state index in [1.165, 1.54) is 0 Å². The van der Waals surface area contributed by atoms with E-state index in [0.29, 0.717) is 18.0 Å². The zero-order valence-electron chi connectivity index (χ0n) is 13.8. The van der Waals surface area contributed by atoms with Gasteiger partial charge in [0.05, 0.1) is 12.2 Å². The van der Waals surface area contributed by atoms with Crippen LogP contribution in [0.2, 0.25) is 5.02 Å². The Kier molecular flexibility index (Phi) is 5.86. The Morgan fingerprint density at radius 3 is 2.52 bits per heavy atom. The predicted octanol–water partition coefficient (Wildman–Crippen LogP) is 4.03. The second-order valence-corrected chi connectivity index (χ2v) is 6.37. The molecule has 0 saturated carbocycles. The molecule has 25 heavy (non-hydrogen) atoms. The third-order valence-corrected chi connectivity index (χ3v) is 4.32. The number of hydrogen-bond donors (Lipinski definition) is 1. The van der Waals surface area contributed by atoms with Crippen LogP contribution in [0.1, 0.15) is 23.6 Å². The van der Waals surface area contributed by atoms with Crippen molar-refractivity contribution in [3.05, 3.63) is 89.5 Å². The van der Waals surface area contributed by atoms with Crippen LogP contribution in [-0.2, 0) is 17.9 Å². The van der Waals surface area contributed by atoms with E-state index in [9.17, 15) is 4.79 Å². The van der Waals surface area contributed by atoms with Gasteiger partial charge in [0.25, 0.3) is 0 Å². The molecule has 128 valence electrons. The summed E-state index contributed by atoms with van der Waals surface area (Å²) < 4.78 is 2.09. The molecule has 2 aromatic heterocycles. The zero-order valence-corrected chi connectivity index (χ0v) is 14.6. The van der Waals surface area contributed by atoms with Gasteiger partial charge in [0.2, 0.25) is 5.91 Å². The average molecular weight is 354 g/mol. The van der Waals surface area contributed by atoms with Crippen LogP contribution in [0.4, 0.5) is 0 Å². The van der Waals surface area contributed by atoms with Crippen molar-refractivity contribution < 1.29 is 4.79 Å². The van der Waals surface area contributed by atoms with Crippen LogP contribution in [-0.4, -0.2) is 15.5 Å². The molecule has 3 rings (SSSR count). The standard InChI is InChI=1S/C20H20ClN3O/c21-18-8-6-16(7-9-18)17(15-24-11-3-4-12-24)13-20(25)23-14-19-5-1-2-10-22-19/h1-12,17H,13-15H2,(H,23,25)/t17-/m1/s1. The summed E-state index contributed by atoms with van der Waals surface area (Å²) in [4.78, 5) is 16.6. The highest BCUT2D eigenvalue weighted by Crippen LogP contribution is 2.24. The van der Waals surface area contributed by atoms with Gasteiger partial charge in [-0.05, 0) is 42.0 Å². The maximum Gasteiger partial charge on any atom is 0.220 e. The molecule has 0 saturated heterocycles. The van der Waals surface area contributed by atoms with Crippen LogP contribution in [0.25, 0.3) is 0 Å².